The van der Waals surface area contributed by atoms with E-state index in [2.05, 4.69) is 20.5 Å². The molecule has 8 heteroatoms. The first-order valence-electron chi connectivity index (χ1n) is 6.18. The Morgan fingerprint density at radius 2 is 2.29 bits per heavy atom. The zero-order chi connectivity index (χ0) is 14.7. The minimum Gasteiger partial charge on any atom is -0.452 e. The van der Waals surface area contributed by atoms with Crippen LogP contribution in [0.3, 0.4) is 0 Å². The molecular weight excluding hydrogens is 290 g/mol. The van der Waals surface area contributed by atoms with E-state index in [0.29, 0.717) is 16.3 Å². The molecule has 0 aliphatic rings. The molecule has 0 saturated heterocycles. The molecule has 3 rings (SSSR count). The maximum Gasteiger partial charge on any atom is 0.351 e. The number of carbonyl (C=O) groups excluding carboxylic acids is 1. The lowest BCUT2D eigenvalue weighted by molar-refractivity contribution is 0.0335. The lowest BCUT2D eigenvalue weighted by atomic mass is 10.2. The van der Waals surface area contributed by atoms with E-state index < -0.39 is 12.1 Å². The van der Waals surface area contributed by atoms with Gasteiger partial charge in [0.05, 0.1) is 11.4 Å². The van der Waals surface area contributed by atoms with E-state index in [4.69, 9.17) is 4.74 Å². The second-order valence-corrected chi connectivity index (χ2v) is 5.11. The van der Waals surface area contributed by atoms with E-state index in [0.717, 1.165) is 0 Å². The lowest BCUT2D eigenvalue weighted by Crippen LogP contribution is -2.11. The van der Waals surface area contributed by atoms with Crippen molar-refractivity contribution in [3.63, 3.8) is 0 Å². The van der Waals surface area contributed by atoms with Gasteiger partial charge in [-0.25, -0.2) is 4.79 Å². The van der Waals surface area contributed by atoms with E-state index in [9.17, 15) is 4.79 Å². The highest BCUT2D eigenvalue weighted by Gasteiger charge is 2.20. The molecule has 0 saturated carbocycles. The molecule has 3 heterocycles. The van der Waals surface area contributed by atoms with Crippen molar-refractivity contribution in [3.8, 4) is 5.69 Å². The number of pyridine rings is 1. The van der Waals surface area contributed by atoms with Gasteiger partial charge in [0, 0.05) is 6.20 Å². The molecule has 0 aliphatic carbocycles. The van der Waals surface area contributed by atoms with Crippen molar-refractivity contribution >= 4 is 17.3 Å². The number of carbonyl (C=O) groups is 1. The third-order valence-electron chi connectivity index (χ3n) is 2.81. The van der Waals surface area contributed by atoms with Gasteiger partial charge in [0.2, 0.25) is 0 Å². The summed E-state index contributed by atoms with van der Waals surface area (Å²) in [5.74, 6) is -0.423. The summed E-state index contributed by atoms with van der Waals surface area (Å²) in [5, 5.41) is 12.7. The number of hydrogen-bond donors (Lipinski definition) is 0. The van der Waals surface area contributed by atoms with Crippen LogP contribution < -0.4 is 0 Å². The van der Waals surface area contributed by atoms with Gasteiger partial charge in [0.25, 0.3) is 0 Å². The summed E-state index contributed by atoms with van der Waals surface area (Å²) < 4.78 is 6.88. The fraction of sp³-hybridized carbons (Fsp3) is 0.154. The van der Waals surface area contributed by atoms with Crippen LogP contribution in [0.25, 0.3) is 5.69 Å². The Morgan fingerprint density at radius 3 is 3.00 bits per heavy atom. The Balaban J connectivity index is 1.79. The van der Waals surface area contributed by atoms with Gasteiger partial charge in [-0.15, -0.1) is 16.4 Å². The van der Waals surface area contributed by atoms with Crippen LogP contribution in [0.4, 0.5) is 0 Å². The van der Waals surface area contributed by atoms with Gasteiger partial charge in [-0.3, -0.25) is 4.98 Å². The van der Waals surface area contributed by atoms with Crippen LogP contribution in [0.5, 0.6) is 0 Å². The predicted molar refractivity (Wildman–Crippen MR) is 75.1 cm³/mol. The van der Waals surface area contributed by atoms with Crippen molar-refractivity contribution in [2.75, 3.05) is 0 Å². The monoisotopic (exact) mass is 301 g/mol. The zero-order valence-electron chi connectivity index (χ0n) is 11.1. The number of ether oxygens (including phenoxy) is 1. The minimum atomic E-state index is -0.428. The predicted octanol–water partition coefficient (Wildman–Crippen LogP) is 2.04. The highest BCUT2D eigenvalue weighted by Crippen LogP contribution is 2.24. The molecule has 3 aromatic heterocycles. The summed E-state index contributed by atoms with van der Waals surface area (Å²) in [5.41, 5.74) is 1.30. The highest BCUT2D eigenvalue weighted by atomic mass is 32.1. The summed E-state index contributed by atoms with van der Waals surface area (Å²) in [6, 6.07) is 7.25. The summed E-state index contributed by atoms with van der Waals surface area (Å²) >= 11 is 1.28. The number of hydrogen-bond acceptors (Lipinski definition) is 7. The highest BCUT2D eigenvalue weighted by molar-refractivity contribution is 7.12. The number of esters is 1. The molecule has 0 unspecified atom stereocenters. The van der Waals surface area contributed by atoms with Gasteiger partial charge in [-0.2, -0.15) is 4.68 Å². The third kappa shape index (κ3) is 2.79. The van der Waals surface area contributed by atoms with Crippen LogP contribution in [0, 0.1) is 0 Å². The molecule has 0 aromatic carbocycles. The number of thiophene rings is 1. The molecule has 0 spiro atoms. The molecule has 106 valence electrons. The molecule has 21 heavy (non-hydrogen) atoms. The lowest BCUT2D eigenvalue weighted by Gasteiger charge is -2.12. The van der Waals surface area contributed by atoms with Crippen molar-refractivity contribution in [1.82, 2.24) is 25.2 Å². The van der Waals surface area contributed by atoms with Gasteiger partial charge in [-0.1, -0.05) is 6.07 Å². The van der Waals surface area contributed by atoms with E-state index in [1.165, 1.54) is 22.3 Å². The maximum atomic E-state index is 12.3. The van der Waals surface area contributed by atoms with Gasteiger partial charge in [0.15, 0.2) is 0 Å². The smallest absolute Gasteiger partial charge is 0.351 e. The first kappa shape index (κ1) is 13.4. The SMILES string of the molecule is C[C@@H](OC(=O)c1sccc1-n1cnnn1)c1ccccn1. The Morgan fingerprint density at radius 1 is 1.38 bits per heavy atom. The van der Waals surface area contributed by atoms with E-state index in [1.54, 1.807) is 24.6 Å². The number of nitrogens with zero attached hydrogens (tertiary/aromatic N) is 5. The molecule has 0 radical (unpaired) electrons. The second-order valence-electron chi connectivity index (χ2n) is 4.19. The normalized spacial score (nSPS) is 12.0. The Hall–Kier alpha value is -2.61. The first-order chi connectivity index (χ1) is 10.3. The van der Waals surface area contributed by atoms with Crippen molar-refractivity contribution in [1.29, 1.82) is 0 Å². The van der Waals surface area contributed by atoms with Gasteiger partial charge in [-0.05, 0) is 40.9 Å². The average Bonchev–Trinajstić information content (AvgIpc) is 3.18. The van der Waals surface area contributed by atoms with Crippen LogP contribution in [-0.4, -0.2) is 31.2 Å². The quantitative estimate of drug-likeness (QED) is 0.686. The van der Waals surface area contributed by atoms with Crippen LogP contribution in [-0.2, 0) is 4.74 Å². The fourth-order valence-electron chi connectivity index (χ4n) is 1.80. The third-order valence-corrected chi connectivity index (χ3v) is 3.70. The molecular formula is C13H11N5O2S. The Kier molecular flexibility index (Phi) is 3.69. The topological polar surface area (TPSA) is 82.8 Å². The largest absolute Gasteiger partial charge is 0.452 e. The van der Waals surface area contributed by atoms with Crippen molar-refractivity contribution < 1.29 is 9.53 Å². The van der Waals surface area contributed by atoms with Crippen LogP contribution in [0.15, 0.2) is 42.2 Å². The molecule has 3 aromatic rings. The van der Waals surface area contributed by atoms with Crippen molar-refractivity contribution in [2.24, 2.45) is 0 Å². The molecule has 0 bridgehead atoms. The standard InChI is InChI=1S/C13H11N5O2S/c1-9(10-4-2-3-6-14-10)20-13(19)12-11(5-7-21-12)18-8-15-16-17-18/h2-9H,1H3/t9-/m1/s1. The number of tetrazole rings is 1. The first-order valence-corrected chi connectivity index (χ1v) is 7.06. The van der Waals surface area contributed by atoms with E-state index in [1.807, 2.05) is 18.2 Å². The van der Waals surface area contributed by atoms with Crippen molar-refractivity contribution in [2.45, 2.75) is 13.0 Å². The average molecular weight is 301 g/mol. The van der Waals surface area contributed by atoms with Gasteiger partial charge < -0.3 is 4.74 Å². The van der Waals surface area contributed by atoms with E-state index >= 15 is 0 Å². The second kappa shape index (κ2) is 5.80. The molecule has 0 aliphatic heterocycles. The summed E-state index contributed by atoms with van der Waals surface area (Å²) in [7, 11) is 0. The summed E-state index contributed by atoms with van der Waals surface area (Å²) in [6.45, 7) is 1.78. The molecule has 0 fully saturated rings. The van der Waals surface area contributed by atoms with Crippen LogP contribution in [0.2, 0.25) is 0 Å². The number of aromatic nitrogens is 5. The summed E-state index contributed by atoms with van der Waals surface area (Å²) in [4.78, 5) is 16.9. The van der Waals surface area contributed by atoms with Crippen LogP contribution in [0.1, 0.15) is 28.4 Å². The van der Waals surface area contributed by atoms with Crippen LogP contribution >= 0.6 is 11.3 Å². The Bertz CT molecular complexity index is 726. The molecule has 0 amide bonds. The van der Waals surface area contributed by atoms with E-state index in [-0.39, 0.29) is 0 Å². The van der Waals surface area contributed by atoms with Gasteiger partial charge >= 0.3 is 5.97 Å². The van der Waals surface area contributed by atoms with Gasteiger partial charge in [0.1, 0.15) is 17.3 Å². The zero-order valence-corrected chi connectivity index (χ0v) is 11.9. The molecule has 1 atom stereocenters. The number of rotatable bonds is 4. The minimum absolute atomic E-state index is 0.423. The Labute approximate surface area is 124 Å². The molecule has 0 N–H and O–H groups in total. The maximum absolute atomic E-state index is 12.3. The molecule has 7 nitrogen and oxygen atoms in total. The fourth-order valence-corrected chi connectivity index (χ4v) is 2.56. The summed E-state index contributed by atoms with van der Waals surface area (Å²) in [6.07, 6.45) is 2.67. The van der Waals surface area contributed by atoms with Crippen molar-refractivity contribution in [3.05, 3.63) is 52.7 Å².